The lowest BCUT2D eigenvalue weighted by atomic mass is 10.0. The number of hydrogen-bond donors (Lipinski definition) is 1. The number of carbonyl (C=O) groups is 1. The smallest absolute Gasteiger partial charge is 0.342 e. The van der Waals surface area contributed by atoms with Crippen LogP contribution in [0, 0.1) is 27.7 Å². The normalized spacial score (nSPS) is 11.8. The summed E-state index contributed by atoms with van der Waals surface area (Å²) in [6, 6.07) is 12.6. The highest BCUT2D eigenvalue weighted by molar-refractivity contribution is 7.92. The Kier molecular flexibility index (Phi) is 6.41. The fourth-order valence-corrected chi connectivity index (χ4v) is 5.56. The summed E-state index contributed by atoms with van der Waals surface area (Å²) in [5, 5.41) is 1.91. The van der Waals surface area contributed by atoms with Gasteiger partial charge in [0.15, 0.2) is 0 Å². The Morgan fingerprint density at radius 2 is 1.62 bits per heavy atom. The van der Waals surface area contributed by atoms with Crippen molar-refractivity contribution in [3.63, 3.8) is 0 Å². The third-order valence-corrected chi connectivity index (χ3v) is 7.64. The molecule has 0 spiro atoms. The fraction of sp³-hybridized carbons (Fsp3) is 0.296. The molecule has 4 rings (SSSR count). The molecule has 7 heteroatoms. The number of benzene rings is 3. The molecule has 178 valence electrons. The van der Waals surface area contributed by atoms with Crippen molar-refractivity contribution in [3.05, 3.63) is 70.5 Å². The second kappa shape index (κ2) is 9.14. The van der Waals surface area contributed by atoms with Crippen LogP contribution in [0.1, 0.15) is 52.6 Å². The van der Waals surface area contributed by atoms with Crippen molar-refractivity contribution >= 4 is 43.4 Å². The first-order chi connectivity index (χ1) is 16.1. The topological polar surface area (TPSA) is 85.6 Å². The Balaban J connectivity index is 1.88. The molecular weight excluding hydrogens is 450 g/mol. The van der Waals surface area contributed by atoms with Crippen molar-refractivity contribution in [1.82, 2.24) is 0 Å². The van der Waals surface area contributed by atoms with E-state index < -0.39 is 16.0 Å². The zero-order valence-electron chi connectivity index (χ0n) is 20.1. The number of anilines is 1. The van der Waals surface area contributed by atoms with E-state index >= 15 is 0 Å². The molecule has 1 heterocycles. The summed E-state index contributed by atoms with van der Waals surface area (Å²) >= 11 is 0. The Bertz CT molecular complexity index is 1520. The van der Waals surface area contributed by atoms with E-state index in [2.05, 4.69) is 4.72 Å². The van der Waals surface area contributed by atoms with Crippen LogP contribution < -0.4 is 4.72 Å². The molecular formula is C27H29NO5S. The number of sulfonamides is 1. The van der Waals surface area contributed by atoms with Crippen molar-refractivity contribution in [2.75, 3.05) is 11.3 Å². The van der Waals surface area contributed by atoms with Crippen LogP contribution in [0.4, 0.5) is 5.69 Å². The first-order valence-corrected chi connectivity index (χ1v) is 12.8. The number of hydrogen-bond acceptors (Lipinski definition) is 5. The van der Waals surface area contributed by atoms with Gasteiger partial charge in [-0.2, -0.15) is 0 Å². The number of furan rings is 1. The third-order valence-electron chi connectivity index (χ3n) is 6.13. The van der Waals surface area contributed by atoms with Crippen LogP contribution in [0.25, 0.3) is 21.7 Å². The number of carbonyl (C=O) groups excluding carboxylic acids is 1. The van der Waals surface area contributed by atoms with E-state index in [9.17, 15) is 13.2 Å². The number of unbranched alkanes of at least 4 members (excludes halogenated alkanes) is 1. The maximum Gasteiger partial charge on any atom is 0.342 e. The van der Waals surface area contributed by atoms with Gasteiger partial charge in [-0.1, -0.05) is 43.7 Å². The van der Waals surface area contributed by atoms with Crippen LogP contribution in [-0.4, -0.2) is 21.0 Å². The average molecular weight is 480 g/mol. The Labute approximate surface area is 200 Å². The van der Waals surface area contributed by atoms with Crippen LogP contribution in [0.2, 0.25) is 0 Å². The Morgan fingerprint density at radius 1 is 0.941 bits per heavy atom. The number of esters is 1. The molecule has 0 unspecified atom stereocenters. The molecule has 6 nitrogen and oxygen atoms in total. The fourth-order valence-electron chi connectivity index (χ4n) is 4.18. The summed E-state index contributed by atoms with van der Waals surface area (Å²) in [5.74, 6) is -0.0366. The summed E-state index contributed by atoms with van der Waals surface area (Å²) in [6.07, 6.45) is 1.68. The lowest BCUT2D eigenvalue weighted by Crippen LogP contribution is -2.15. The van der Waals surface area contributed by atoms with Gasteiger partial charge in [-0.3, -0.25) is 4.72 Å². The highest BCUT2D eigenvalue weighted by atomic mass is 32.2. The molecule has 0 fully saturated rings. The van der Waals surface area contributed by atoms with Gasteiger partial charge in [0.05, 0.1) is 17.2 Å². The molecule has 3 aromatic carbocycles. The van der Waals surface area contributed by atoms with Gasteiger partial charge >= 0.3 is 5.97 Å². The van der Waals surface area contributed by atoms with Crippen molar-refractivity contribution in [1.29, 1.82) is 0 Å². The minimum absolute atomic E-state index is 0.224. The van der Waals surface area contributed by atoms with E-state index in [0.29, 0.717) is 50.9 Å². The number of aryl methyl sites for hydroxylation is 4. The van der Waals surface area contributed by atoms with E-state index in [4.69, 9.17) is 9.15 Å². The third kappa shape index (κ3) is 4.28. The van der Waals surface area contributed by atoms with Gasteiger partial charge in [0.25, 0.3) is 10.0 Å². The van der Waals surface area contributed by atoms with E-state index in [1.54, 1.807) is 26.0 Å². The minimum Gasteiger partial charge on any atom is -0.462 e. The molecule has 0 aliphatic heterocycles. The SMILES string of the molecule is CCCCOC(=O)c1c(C)oc2c1cc(NS(=O)(=O)c1cc(C)c(C)cc1C)c1ccccc12. The molecule has 0 saturated carbocycles. The van der Waals surface area contributed by atoms with Gasteiger partial charge in [-0.25, -0.2) is 13.2 Å². The molecule has 0 bridgehead atoms. The van der Waals surface area contributed by atoms with Crippen LogP contribution in [-0.2, 0) is 14.8 Å². The predicted molar refractivity (Wildman–Crippen MR) is 135 cm³/mol. The molecule has 4 aromatic rings. The van der Waals surface area contributed by atoms with Crippen molar-refractivity contribution in [2.45, 2.75) is 52.4 Å². The second-order valence-corrected chi connectivity index (χ2v) is 10.3. The maximum absolute atomic E-state index is 13.4. The molecule has 34 heavy (non-hydrogen) atoms. The number of rotatable bonds is 7. The Hall–Kier alpha value is -3.32. The number of ether oxygens (including phenoxy) is 1. The Morgan fingerprint density at radius 3 is 2.32 bits per heavy atom. The highest BCUT2D eigenvalue weighted by Crippen LogP contribution is 2.38. The summed E-state index contributed by atoms with van der Waals surface area (Å²) in [4.78, 5) is 13.1. The van der Waals surface area contributed by atoms with E-state index in [1.165, 1.54) is 0 Å². The standard InChI is InChI=1S/C27H29NO5S/c1-6-7-12-32-27(29)25-19(5)33-26-21-11-9-8-10-20(21)23(15-22(25)26)28-34(30,31)24-14-17(3)16(2)13-18(24)4/h8-11,13-15,28H,6-7,12H2,1-5H3. The summed E-state index contributed by atoms with van der Waals surface area (Å²) in [5.41, 5.74) is 3.82. The van der Waals surface area contributed by atoms with Gasteiger partial charge in [-0.05, 0) is 62.9 Å². The van der Waals surface area contributed by atoms with E-state index in [-0.39, 0.29) is 4.90 Å². The molecule has 0 radical (unpaired) electrons. The van der Waals surface area contributed by atoms with Gasteiger partial charge in [0, 0.05) is 16.2 Å². The zero-order chi connectivity index (χ0) is 24.6. The summed E-state index contributed by atoms with van der Waals surface area (Å²) in [7, 11) is -3.88. The van der Waals surface area contributed by atoms with Crippen LogP contribution in [0.5, 0.6) is 0 Å². The van der Waals surface area contributed by atoms with Crippen molar-refractivity contribution in [2.24, 2.45) is 0 Å². The quantitative estimate of drug-likeness (QED) is 0.239. The van der Waals surface area contributed by atoms with Crippen molar-refractivity contribution < 1.29 is 22.4 Å². The number of nitrogens with one attached hydrogen (secondary N) is 1. The average Bonchev–Trinajstić information content (AvgIpc) is 3.12. The molecule has 0 atom stereocenters. The lowest BCUT2D eigenvalue weighted by molar-refractivity contribution is 0.0500. The minimum atomic E-state index is -3.88. The van der Waals surface area contributed by atoms with Crippen molar-refractivity contribution in [3.8, 4) is 0 Å². The molecule has 0 saturated heterocycles. The first kappa shape index (κ1) is 23.8. The molecule has 1 aromatic heterocycles. The zero-order valence-corrected chi connectivity index (χ0v) is 20.9. The summed E-state index contributed by atoms with van der Waals surface area (Å²) < 4.78 is 41.1. The van der Waals surface area contributed by atoms with Gasteiger partial charge < -0.3 is 9.15 Å². The van der Waals surface area contributed by atoms with Gasteiger partial charge in [-0.15, -0.1) is 0 Å². The summed E-state index contributed by atoms with van der Waals surface area (Å²) in [6.45, 7) is 9.68. The lowest BCUT2D eigenvalue weighted by Gasteiger charge is -2.15. The van der Waals surface area contributed by atoms with E-state index in [1.807, 2.05) is 51.1 Å². The highest BCUT2D eigenvalue weighted by Gasteiger charge is 2.25. The van der Waals surface area contributed by atoms with E-state index in [0.717, 1.165) is 24.0 Å². The molecule has 0 aliphatic rings. The number of fused-ring (bicyclic) bond motifs is 3. The maximum atomic E-state index is 13.4. The molecule has 0 amide bonds. The van der Waals surface area contributed by atoms with Crippen LogP contribution in [0.15, 0.2) is 51.8 Å². The second-order valence-electron chi connectivity index (χ2n) is 8.68. The van der Waals surface area contributed by atoms with Crippen LogP contribution in [0.3, 0.4) is 0 Å². The first-order valence-electron chi connectivity index (χ1n) is 11.4. The van der Waals surface area contributed by atoms with Gasteiger partial charge in [0.2, 0.25) is 0 Å². The van der Waals surface area contributed by atoms with Crippen LogP contribution >= 0.6 is 0 Å². The molecule has 1 N–H and O–H groups in total. The largest absolute Gasteiger partial charge is 0.462 e. The monoisotopic (exact) mass is 479 g/mol. The molecule has 0 aliphatic carbocycles. The van der Waals surface area contributed by atoms with Gasteiger partial charge in [0.1, 0.15) is 16.9 Å². The predicted octanol–water partition coefficient (Wildman–Crippen LogP) is 6.58.